The van der Waals surface area contributed by atoms with Crippen LogP contribution in [0.1, 0.15) is 20.8 Å². The second-order valence-electron chi connectivity index (χ2n) is 3.15. The number of aliphatic hydroxyl groups is 1. The minimum atomic E-state index is -1.35. The summed E-state index contributed by atoms with van der Waals surface area (Å²) in [7, 11) is 0. The van der Waals surface area contributed by atoms with Crippen molar-refractivity contribution in [2.75, 3.05) is 0 Å². The highest BCUT2D eigenvalue weighted by atomic mass is 16.6. The SMILES string of the molecule is CC(C)OC(=O)NC(C(=O)O)C(C)O. The normalized spacial score (nSPS) is 14.6. The van der Waals surface area contributed by atoms with Gasteiger partial charge in [-0.3, -0.25) is 0 Å². The first kappa shape index (κ1) is 12.7. The molecule has 2 unspecified atom stereocenters. The van der Waals surface area contributed by atoms with Crippen LogP contribution in [-0.2, 0) is 9.53 Å². The largest absolute Gasteiger partial charge is 0.480 e. The zero-order chi connectivity index (χ0) is 11.3. The maximum absolute atomic E-state index is 11.0. The number of nitrogens with one attached hydrogen (secondary N) is 1. The molecule has 0 aromatic carbocycles. The van der Waals surface area contributed by atoms with Crippen molar-refractivity contribution >= 4 is 12.1 Å². The molecule has 2 atom stereocenters. The molecule has 0 rings (SSSR count). The van der Waals surface area contributed by atoms with E-state index < -0.39 is 24.2 Å². The van der Waals surface area contributed by atoms with Crippen molar-refractivity contribution in [3.63, 3.8) is 0 Å². The summed E-state index contributed by atoms with van der Waals surface area (Å²) in [6.07, 6.45) is -2.36. The Morgan fingerprint density at radius 2 is 1.79 bits per heavy atom. The summed E-state index contributed by atoms with van der Waals surface area (Å²) in [5.41, 5.74) is 0. The Morgan fingerprint density at radius 1 is 1.29 bits per heavy atom. The van der Waals surface area contributed by atoms with Crippen molar-refractivity contribution < 1.29 is 24.5 Å². The fourth-order valence-electron chi connectivity index (χ4n) is 0.764. The van der Waals surface area contributed by atoms with E-state index in [0.29, 0.717) is 0 Å². The van der Waals surface area contributed by atoms with Gasteiger partial charge in [0, 0.05) is 0 Å². The van der Waals surface area contributed by atoms with Crippen LogP contribution < -0.4 is 5.32 Å². The third-order valence-corrected chi connectivity index (χ3v) is 1.36. The number of aliphatic hydroxyl groups excluding tert-OH is 1. The number of carboxylic acids is 1. The van der Waals surface area contributed by atoms with Crippen molar-refractivity contribution in [2.24, 2.45) is 0 Å². The third-order valence-electron chi connectivity index (χ3n) is 1.36. The minimum absolute atomic E-state index is 0.335. The van der Waals surface area contributed by atoms with Crippen molar-refractivity contribution in [3.05, 3.63) is 0 Å². The van der Waals surface area contributed by atoms with Gasteiger partial charge < -0.3 is 20.3 Å². The van der Waals surface area contributed by atoms with Gasteiger partial charge in [0.25, 0.3) is 0 Å². The predicted molar refractivity (Wildman–Crippen MR) is 47.9 cm³/mol. The number of carbonyl (C=O) groups is 2. The zero-order valence-electron chi connectivity index (χ0n) is 8.35. The van der Waals surface area contributed by atoms with Crippen LogP contribution in [0.4, 0.5) is 4.79 Å². The lowest BCUT2D eigenvalue weighted by molar-refractivity contribution is -0.142. The van der Waals surface area contributed by atoms with Crippen LogP contribution in [0.2, 0.25) is 0 Å². The Hall–Kier alpha value is -1.30. The fraction of sp³-hybridized carbons (Fsp3) is 0.750. The van der Waals surface area contributed by atoms with Gasteiger partial charge in [-0.25, -0.2) is 9.59 Å². The van der Waals surface area contributed by atoms with Crippen LogP contribution in [0.5, 0.6) is 0 Å². The molecule has 0 aliphatic rings. The number of alkyl carbamates (subject to hydrolysis) is 1. The summed E-state index contributed by atoms with van der Waals surface area (Å²) < 4.78 is 4.66. The van der Waals surface area contributed by atoms with Crippen molar-refractivity contribution in [1.29, 1.82) is 0 Å². The van der Waals surface area contributed by atoms with Crippen LogP contribution in [0.25, 0.3) is 0 Å². The van der Waals surface area contributed by atoms with E-state index in [1.165, 1.54) is 6.92 Å². The molecular formula is C8H15NO5. The monoisotopic (exact) mass is 205 g/mol. The maximum atomic E-state index is 11.0. The smallest absolute Gasteiger partial charge is 0.408 e. The molecule has 0 aliphatic carbocycles. The molecule has 0 saturated carbocycles. The van der Waals surface area contributed by atoms with E-state index in [9.17, 15) is 9.59 Å². The van der Waals surface area contributed by atoms with Gasteiger partial charge >= 0.3 is 12.1 Å². The zero-order valence-corrected chi connectivity index (χ0v) is 8.35. The lowest BCUT2D eigenvalue weighted by Crippen LogP contribution is -2.48. The molecule has 14 heavy (non-hydrogen) atoms. The summed E-state index contributed by atoms with van der Waals surface area (Å²) in [6, 6.07) is -1.35. The second-order valence-corrected chi connectivity index (χ2v) is 3.15. The minimum Gasteiger partial charge on any atom is -0.480 e. The number of aliphatic carboxylic acids is 1. The Kier molecular flexibility index (Phi) is 4.93. The molecule has 3 N–H and O–H groups in total. The van der Waals surface area contributed by atoms with Crippen LogP contribution in [0, 0.1) is 0 Å². The molecule has 0 fully saturated rings. The number of amides is 1. The van der Waals surface area contributed by atoms with Gasteiger partial charge in [0.15, 0.2) is 6.04 Å². The first-order chi connectivity index (χ1) is 6.34. The van der Waals surface area contributed by atoms with Crippen LogP contribution in [0.15, 0.2) is 0 Å². The van der Waals surface area contributed by atoms with Crippen LogP contribution in [-0.4, -0.2) is 40.5 Å². The predicted octanol–water partition coefficient (Wildman–Crippen LogP) is -0.0450. The van der Waals surface area contributed by atoms with Gasteiger partial charge in [-0.2, -0.15) is 0 Å². The van der Waals surface area contributed by atoms with E-state index in [1.54, 1.807) is 13.8 Å². The number of hydrogen-bond donors (Lipinski definition) is 3. The van der Waals surface area contributed by atoms with Crippen molar-refractivity contribution in [1.82, 2.24) is 5.32 Å². The Labute approximate surface area is 81.9 Å². The summed E-state index contributed by atoms with van der Waals surface area (Å²) in [5, 5.41) is 19.6. The molecular weight excluding hydrogens is 190 g/mol. The first-order valence-corrected chi connectivity index (χ1v) is 4.22. The van der Waals surface area contributed by atoms with E-state index in [-0.39, 0.29) is 6.10 Å². The number of carbonyl (C=O) groups excluding carboxylic acids is 1. The van der Waals surface area contributed by atoms with Gasteiger partial charge in [-0.1, -0.05) is 0 Å². The molecule has 0 bridgehead atoms. The fourth-order valence-corrected chi connectivity index (χ4v) is 0.764. The topological polar surface area (TPSA) is 95.9 Å². The van der Waals surface area contributed by atoms with Crippen molar-refractivity contribution in [2.45, 2.75) is 39.0 Å². The number of carboxylic acid groups (broad SMARTS) is 1. The van der Waals surface area contributed by atoms with Gasteiger partial charge in [0.1, 0.15) is 0 Å². The second kappa shape index (κ2) is 5.43. The average Bonchev–Trinajstić information content (AvgIpc) is 1.97. The van der Waals surface area contributed by atoms with Gasteiger partial charge in [0.05, 0.1) is 12.2 Å². The molecule has 82 valence electrons. The third kappa shape index (κ3) is 4.66. The molecule has 0 spiro atoms. The molecule has 6 heteroatoms. The standard InChI is InChI=1S/C8H15NO5/c1-4(2)14-8(13)9-6(5(3)10)7(11)12/h4-6,10H,1-3H3,(H,9,13)(H,11,12). The first-order valence-electron chi connectivity index (χ1n) is 4.22. The lowest BCUT2D eigenvalue weighted by Gasteiger charge is -2.17. The highest BCUT2D eigenvalue weighted by Gasteiger charge is 2.25. The molecule has 0 aliphatic heterocycles. The highest BCUT2D eigenvalue weighted by molar-refractivity contribution is 5.80. The summed E-state index contributed by atoms with van der Waals surface area (Å²) in [5.74, 6) is -1.30. The van der Waals surface area contributed by atoms with Crippen molar-refractivity contribution in [3.8, 4) is 0 Å². The average molecular weight is 205 g/mol. The Balaban J connectivity index is 4.17. The number of ether oxygens (including phenoxy) is 1. The molecule has 0 aromatic heterocycles. The van der Waals surface area contributed by atoms with Gasteiger partial charge in [0.2, 0.25) is 0 Å². The van der Waals surface area contributed by atoms with E-state index in [0.717, 1.165) is 0 Å². The summed E-state index contributed by atoms with van der Waals surface area (Å²) in [4.78, 5) is 21.5. The summed E-state index contributed by atoms with van der Waals surface area (Å²) in [6.45, 7) is 4.55. The molecule has 0 heterocycles. The number of hydrogen-bond acceptors (Lipinski definition) is 4. The quantitative estimate of drug-likeness (QED) is 0.598. The molecule has 6 nitrogen and oxygen atoms in total. The van der Waals surface area contributed by atoms with E-state index >= 15 is 0 Å². The number of rotatable bonds is 4. The van der Waals surface area contributed by atoms with Crippen LogP contribution >= 0.6 is 0 Å². The molecule has 0 saturated heterocycles. The van der Waals surface area contributed by atoms with E-state index in [2.05, 4.69) is 4.74 Å². The molecule has 0 radical (unpaired) electrons. The lowest BCUT2D eigenvalue weighted by atomic mass is 10.2. The van der Waals surface area contributed by atoms with Gasteiger partial charge in [-0.05, 0) is 20.8 Å². The Bertz CT molecular complexity index is 214. The maximum Gasteiger partial charge on any atom is 0.408 e. The molecule has 1 amide bonds. The molecule has 0 aromatic rings. The Morgan fingerprint density at radius 3 is 2.07 bits per heavy atom. The van der Waals surface area contributed by atoms with E-state index in [1.807, 2.05) is 5.32 Å². The highest BCUT2D eigenvalue weighted by Crippen LogP contribution is 1.95. The van der Waals surface area contributed by atoms with Crippen LogP contribution in [0.3, 0.4) is 0 Å². The van der Waals surface area contributed by atoms with Gasteiger partial charge in [-0.15, -0.1) is 0 Å². The summed E-state index contributed by atoms with van der Waals surface area (Å²) >= 11 is 0. The van der Waals surface area contributed by atoms with E-state index in [4.69, 9.17) is 10.2 Å².